The van der Waals surface area contributed by atoms with Gasteiger partial charge in [-0.1, -0.05) is 20.8 Å². The summed E-state index contributed by atoms with van der Waals surface area (Å²) in [5, 5.41) is 2.76. The van der Waals surface area contributed by atoms with Crippen molar-refractivity contribution in [3.05, 3.63) is 0 Å². The van der Waals surface area contributed by atoms with Gasteiger partial charge in [0.15, 0.2) is 0 Å². The van der Waals surface area contributed by atoms with Crippen LogP contribution in [-0.4, -0.2) is 46.3 Å². The van der Waals surface area contributed by atoms with Gasteiger partial charge in [-0.15, -0.1) is 0 Å². The monoisotopic (exact) mass is 286 g/mol. The maximum atomic E-state index is 12.4. The Hall–Kier alpha value is -0.710. The van der Waals surface area contributed by atoms with Crippen LogP contribution < -0.4 is 5.32 Å². The molecule has 0 saturated carbocycles. The zero-order valence-electron chi connectivity index (χ0n) is 12.7. The van der Waals surface area contributed by atoms with E-state index >= 15 is 0 Å². The Kier molecular flexibility index (Phi) is 5.71. The number of hydrogen-bond donors (Lipinski definition) is 1. The molecule has 2 unspecified atom stereocenters. The van der Waals surface area contributed by atoms with Crippen molar-refractivity contribution < 1.29 is 9.59 Å². The molecule has 2 atom stereocenters. The van der Waals surface area contributed by atoms with Gasteiger partial charge >= 0.3 is 0 Å². The molecule has 0 spiro atoms. The highest BCUT2D eigenvalue weighted by atomic mass is 32.2. The van der Waals surface area contributed by atoms with Crippen molar-refractivity contribution in [1.82, 2.24) is 10.2 Å². The van der Waals surface area contributed by atoms with Crippen molar-refractivity contribution in [2.75, 3.05) is 12.8 Å². The Morgan fingerprint density at radius 3 is 2.26 bits per heavy atom. The molecule has 1 heterocycles. The number of thioether (sulfide) groups is 1. The standard InChI is InChI=1S/C14H26N2O2S/c1-6-11-12(17)15-10(4)13(18)16(11)9-14(7-2,8-3)19-5/h10-11H,6-9H2,1-5H3,(H,15,17). The van der Waals surface area contributed by atoms with Crippen molar-refractivity contribution in [1.29, 1.82) is 0 Å². The van der Waals surface area contributed by atoms with Gasteiger partial charge in [-0.2, -0.15) is 11.8 Å². The number of carbonyl (C=O) groups excluding carboxylic acids is 2. The molecule has 1 fully saturated rings. The molecule has 0 aliphatic carbocycles. The van der Waals surface area contributed by atoms with Crippen molar-refractivity contribution in [2.24, 2.45) is 0 Å². The highest BCUT2D eigenvalue weighted by Crippen LogP contribution is 2.33. The van der Waals surface area contributed by atoms with Gasteiger partial charge in [0, 0.05) is 11.3 Å². The first-order chi connectivity index (χ1) is 8.94. The fourth-order valence-corrected chi connectivity index (χ4v) is 3.49. The molecule has 0 bridgehead atoms. The van der Waals surface area contributed by atoms with E-state index in [2.05, 4.69) is 25.4 Å². The highest BCUT2D eigenvalue weighted by Gasteiger charge is 2.41. The van der Waals surface area contributed by atoms with Crippen molar-refractivity contribution in [2.45, 2.75) is 63.8 Å². The van der Waals surface area contributed by atoms with Gasteiger partial charge in [-0.3, -0.25) is 9.59 Å². The van der Waals surface area contributed by atoms with Crippen molar-refractivity contribution in [3.8, 4) is 0 Å². The van der Waals surface area contributed by atoms with E-state index in [9.17, 15) is 9.59 Å². The molecule has 5 heteroatoms. The molecule has 1 saturated heterocycles. The zero-order valence-corrected chi connectivity index (χ0v) is 13.5. The van der Waals surface area contributed by atoms with E-state index in [1.165, 1.54) is 0 Å². The summed E-state index contributed by atoms with van der Waals surface area (Å²) in [5.74, 6) is 0.0311. The maximum Gasteiger partial charge on any atom is 0.245 e. The summed E-state index contributed by atoms with van der Waals surface area (Å²) < 4.78 is 0.0560. The van der Waals surface area contributed by atoms with Crippen LogP contribution in [0.15, 0.2) is 0 Å². The van der Waals surface area contributed by atoms with E-state index in [-0.39, 0.29) is 22.6 Å². The third-order valence-electron chi connectivity index (χ3n) is 4.26. The number of amides is 2. The zero-order chi connectivity index (χ0) is 14.6. The van der Waals surface area contributed by atoms with Crippen LogP contribution >= 0.6 is 11.8 Å². The third kappa shape index (κ3) is 3.25. The van der Waals surface area contributed by atoms with Gasteiger partial charge in [-0.25, -0.2) is 0 Å². The summed E-state index contributed by atoms with van der Waals surface area (Å²) in [5.41, 5.74) is 0. The van der Waals surface area contributed by atoms with Crippen LogP contribution in [0.4, 0.5) is 0 Å². The number of carbonyl (C=O) groups is 2. The van der Waals surface area contributed by atoms with Crippen LogP contribution in [-0.2, 0) is 9.59 Å². The lowest BCUT2D eigenvalue weighted by molar-refractivity contribution is -0.149. The van der Waals surface area contributed by atoms with Gasteiger partial charge in [0.25, 0.3) is 0 Å². The first-order valence-electron chi connectivity index (χ1n) is 7.10. The summed E-state index contributed by atoms with van der Waals surface area (Å²) in [4.78, 5) is 26.2. The molecule has 0 aromatic carbocycles. The molecule has 2 amide bonds. The Morgan fingerprint density at radius 1 is 1.26 bits per heavy atom. The number of hydrogen-bond acceptors (Lipinski definition) is 3. The molecule has 1 N–H and O–H groups in total. The third-order valence-corrected chi connectivity index (χ3v) is 5.83. The van der Waals surface area contributed by atoms with Gasteiger partial charge in [0.2, 0.25) is 11.8 Å². The Morgan fingerprint density at radius 2 is 1.84 bits per heavy atom. The molecule has 19 heavy (non-hydrogen) atoms. The lowest BCUT2D eigenvalue weighted by Gasteiger charge is -2.43. The van der Waals surface area contributed by atoms with Crippen LogP contribution in [0.5, 0.6) is 0 Å². The van der Waals surface area contributed by atoms with Crippen LogP contribution in [0, 0.1) is 0 Å². The molecular weight excluding hydrogens is 260 g/mol. The fraction of sp³-hybridized carbons (Fsp3) is 0.857. The van der Waals surface area contributed by atoms with Crippen molar-refractivity contribution in [3.63, 3.8) is 0 Å². The maximum absolute atomic E-state index is 12.4. The minimum atomic E-state index is -0.399. The van der Waals surface area contributed by atoms with E-state index in [4.69, 9.17) is 0 Å². The second-order valence-corrected chi connectivity index (χ2v) is 6.49. The van der Waals surface area contributed by atoms with Gasteiger partial charge in [0.1, 0.15) is 12.1 Å². The molecule has 1 aliphatic heterocycles. The van der Waals surface area contributed by atoms with Crippen LogP contribution in [0.25, 0.3) is 0 Å². The number of piperazine rings is 1. The second kappa shape index (κ2) is 6.64. The molecule has 4 nitrogen and oxygen atoms in total. The first-order valence-corrected chi connectivity index (χ1v) is 8.33. The minimum Gasteiger partial charge on any atom is -0.343 e. The Balaban J connectivity index is 2.98. The van der Waals surface area contributed by atoms with Crippen LogP contribution in [0.3, 0.4) is 0 Å². The summed E-state index contributed by atoms with van der Waals surface area (Å²) in [6.07, 6.45) is 4.76. The largest absolute Gasteiger partial charge is 0.343 e. The van der Waals surface area contributed by atoms with Crippen molar-refractivity contribution >= 4 is 23.6 Å². The number of nitrogens with one attached hydrogen (secondary N) is 1. The molecule has 1 rings (SSSR count). The lowest BCUT2D eigenvalue weighted by atomic mass is 9.97. The highest BCUT2D eigenvalue weighted by molar-refractivity contribution is 8.00. The summed E-state index contributed by atoms with van der Waals surface area (Å²) in [6, 6.07) is -0.711. The number of nitrogens with zero attached hydrogens (tertiary/aromatic N) is 1. The fourth-order valence-electron chi connectivity index (χ4n) is 2.65. The van der Waals surface area contributed by atoms with Crippen LogP contribution in [0.2, 0.25) is 0 Å². The van der Waals surface area contributed by atoms with Gasteiger partial charge in [0.05, 0.1) is 0 Å². The second-order valence-electron chi connectivity index (χ2n) is 5.21. The normalized spacial score (nSPS) is 24.6. The summed E-state index contributed by atoms with van der Waals surface area (Å²) in [7, 11) is 0. The lowest BCUT2D eigenvalue weighted by Crippen LogP contribution is -2.64. The smallest absolute Gasteiger partial charge is 0.245 e. The van der Waals surface area contributed by atoms with E-state index < -0.39 is 6.04 Å². The molecular formula is C14H26N2O2S. The first kappa shape index (κ1) is 16.3. The average Bonchev–Trinajstić information content (AvgIpc) is 2.42. The topological polar surface area (TPSA) is 49.4 Å². The Bertz CT molecular complexity index is 334. The molecule has 110 valence electrons. The minimum absolute atomic E-state index is 0.0168. The SMILES string of the molecule is CCC1C(=O)NC(C)C(=O)N1CC(CC)(CC)SC. The predicted molar refractivity (Wildman–Crippen MR) is 80.2 cm³/mol. The predicted octanol–water partition coefficient (Wildman–Crippen LogP) is 2.03. The molecule has 0 aromatic rings. The summed E-state index contributed by atoms with van der Waals surface area (Å²) >= 11 is 1.80. The van der Waals surface area contributed by atoms with Gasteiger partial charge in [-0.05, 0) is 32.4 Å². The molecule has 1 aliphatic rings. The van der Waals surface area contributed by atoms with E-state index in [0.29, 0.717) is 13.0 Å². The molecule has 0 radical (unpaired) electrons. The van der Waals surface area contributed by atoms with E-state index in [1.54, 1.807) is 23.6 Å². The number of rotatable bonds is 6. The summed E-state index contributed by atoms with van der Waals surface area (Å²) in [6.45, 7) is 8.69. The van der Waals surface area contributed by atoms with E-state index in [0.717, 1.165) is 12.8 Å². The van der Waals surface area contributed by atoms with Crippen LogP contribution in [0.1, 0.15) is 47.0 Å². The Labute approximate surface area is 120 Å². The van der Waals surface area contributed by atoms with E-state index in [1.807, 2.05) is 6.92 Å². The van der Waals surface area contributed by atoms with Gasteiger partial charge < -0.3 is 10.2 Å². The quantitative estimate of drug-likeness (QED) is 0.813. The molecule has 0 aromatic heterocycles. The average molecular weight is 286 g/mol.